The van der Waals surface area contributed by atoms with Crippen LogP contribution >= 0.6 is 11.6 Å². The minimum Gasteiger partial charge on any atom is -0.379 e. The molecule has 0 spiro atoms. The second kappa shape index (κ2) is 8.95. The number of carbonyl (C=O) groups is 2. The summed E-state index contributed by atoms with van der Waals surface area (Å²) in [6.45, 7) is 1.87. The molecule has 0 aromatic heterocycles. The normalized spacial score (nSPS) is 19.1. The third-order valence-electron chi connectivity index (χ3n) is 7.04. The molecule has 0 amide bonds. The molecule has 0 N–H and O–H groups in total. The molecule has 0 bridgehead atoms. The van der Waals surface area contributed by atoms with E-state index in [0.29, 0.717) is 34.6 Å². The van der Waals surface area contributed by atoms with Gasteiger partial charge in [-0.1, -0.05) is 29.3 Å². The largest absolute Gasteiger partial charge is 0.379 e. The zero-order chi connectivity index (χ0) is 24.9. The van der Waals surface area contributed by atoms with Crippen LogP contribution in [-0.4, -0.2) is 31.9 Å². The minimum atomic E-state index is -4.16. The van der Waals surface area contributed by atoms with Crippen molar-refractivity contribution in [3.63, 3.8) is 0 Å². The predicted octanol–water partition coefficient (Wildman–Crippen LogP) is 5.46. The number of nitrogens with zero attached hydrogens (tertiary/aromatic N) is 1. The van der Waals surface area contributed by atoms with Crippen molar-refractivity contribution in [3.05, 3.63) is 81.2 Å². The molecule has 0 radical (unpaired) electrons. The van der Waals surface area contributed by atoms with Crippen LogP contribution in [0.2, 0.25) is 5.02 Å². The van der Waals surface area contributed by atoms with Gasteiger partial charge in [0.05, 0.1) is 0 Å². The van der Waals surface area contributed by atoms with Gasteiger partial charge in [-0.25, -0.2) is 0 Å². The van der Waals surface area contributed by atoms with Crippen LogP contribution in [0, 0.1) is 6.92 Å². The van der Waals surface area contributed by atoms with Crippen molar-refractivity contribution in [1.82, 2.24) is 4.90 Å². The van der Waals surface area contributed by atoms with Crippen molar-refractivity contribution < 1.29 is 22.2 Å². The molecule has 2 aliphatic carbocycles. The summed E-state index contributed by atoms with van der Waals surface area (Å²) in [5.74, 6) is -0.695. The summed E-state index contributed by atoms with van der Waals surface area (Å²) in [5, 5.41) is 0.370. The maximum Gasteiger partial charge on any atom is 0.339 e. The van der Waals surface area contributed by atoms with Crippen LogP contribution in [0.4, 0.5) is 0 Å². The Balaban J connectivity index is 1.69. The molecule has 0 saturated carbocycles. The Bertz CT molecular complexity index is 1360. The van der Waals surface area contributed by atoms with Crippen molar-refractivity contribution in [1.29, 1.82) is 0 Å². The number of Topliss-reactive ketones (excluding diaryl/α,β-unsaturated/α-hetero) is 2. The summed E-state index contributed by atoms with van der Waals surface area (Å²) < 4.78 is 32.0. The summed E-state index contributed by atoms with van der Waals surface area (Å²) in [5.41, 5.74) is 4.24. The van der Waals surface area contributed by atoms with E-state index in [1.807, 2.05) is 18.9 Å². The smallest absolute Gasteiger partial charge is 0.339 e. The van der Waals surface area contributed by atoms with Gasteiger partial charge in [-0.05, 0) is 62.9 Å². The topological polar surface area (TPSA) is 80.8 Å². The van der Waals surface area contributed by atoms with E-state index >= 15 is 0 Å². The Morgan fingerprint density at radius 1 is 0.886 bits per heavy atom. The molecule has 0 fully saturated rings. The Morgan fingerprint density at radius 2 is 1.46 bits per heavy atom. The summed E-state index contributed by atoms with van der Waals surface area (Å²) in [6.07, 6.45) is 3.70. The van der Waals surface area contributed by atoms with Gasteiger partial charge < -0.3 is 9.08 Å². The SMILES string of the molecule is Cc1ccc(S(=O)(=O)Oc2ccc(Cl)cc2C2C3=C(CCCC3=O)N(C)C3=C2C(=O)CCC3)cc1. The van der Waals surface area contributed by atoms with Gasteiger partial charge in [-0.15, -0.1) is 0 Å². The van der Waals surface area contributed by atoms with E-state index in [0.717, 1.165) is 42.6 Å². The quantitative estimate of drug-likeness (QED) is 0.507. The molecular weight excluding hydrogens is 486 g/mol. The number of rotatable bonds is 4. The van der Waals surface area contributed by atoms with Crippen LogP contribution in [0.1, 0.15) is 55.6 Å². The first-order chi connectivity index (χ1) is 16.7. The first-order valence-electron chi connectivity index (χ1n) is 11.7. The molecule has 3 aliphatic rings. The van der Waals surface area contributed by atoms with Gasteiger partial charge in [0.15, 0.2) is 11.6 Å². The first-order valence-corrected chi connectivity index (χ1v) is 13.5. The fourth-order valence-electron chi connectivity index (χ4n) is 5.36. The molecule has 1 aliphatic heterocycles. The number of hydrogen-bond donors (Lipinski definition) is 0. The highest BCUT2D eigenvalue weighted by Crippen LogP contribution is 2.50. The Kier molecular flexibility index (Phi) is 6.09. The fraction of sp³-hybridized carbons (Fsp3) is 0.333. The summed E-state index contributed by atoms with van der Waals surface area (Å²) in [7, 11) is -2.24. The highest BCUT2D eigenvalue weighted by Gasteiger charge is 2.43. The minimum absolute atomic E-state index is 0.0228. The van der Waals surface area contributed by atoms with Gasteiger partial charge in [-0.2, -0.15) is 8.42 Å². The molecule has 0 unspecified atom stereocenters. The lowest BCUT2D eigenvalue weighted by molar-refractivity contribution is -0.117. The average Bonchev–Trinajstić information content (AvgIpc) is 2.82. The van der Waals surface area contributed by atoms with Gasteiger partial charge >= 0.3 is 10.1 Å². The number of halogens is 1. The number of allylic oxidation sites excluding steroid dienone is 4. The van der Waals surface area contributed by atoms with E-state index in [4.69, 9.17) is 15.8 Å². The average molecular weight is 512 g/mol. The Labute approximate surface area is 210 Å². The molecule has 35 heavy (non-hydrogen) atoms. The van der Waals surface area contributed by atoms with Crippen LogP contribution in [0.3, 0.4) is 0 Å². The van der Waals surface area contributed by atoms with Gasteiger partial charge in [-0.3, -0.25) is 9.59 Å². The lowest BCUT2D eigenvalue weighted by Crippen LogP contribution is -2.37. The molecule has 5 rings (SSSR count). The van der Waals surface area contributed by atoms with E-state index < -0.39 is 16.0 Å². The standard InChI is InChI=1S/C27H26ClNO5S/c1-16-9-12-18(13-10-16)35(32,33)34-24-14-11-17(28)15-19(24)25-26-20(5-3-7-22(26)30)29(2)21-6-4-8-23(31)27(21)25/h9-15,25H,3-8H2,1-2H3. The van der Waals surface area contributed by atoms with Crippen molar-refractivity contribution in [2.75, 3.05) is 7.05 Å². The third kappa shape index (κ3) is 4.21. The zero-order valence-electron chi connectivity index (χ0n) is 19.6. The van der Waals surface area contributed by atoms with Crippen LogP contribution in [0.5, 0.6) is 5.75 Å². The van der Waals surface area contributed by atoms with Crippen molar-refractivity contribution in [2.24, 2.45) is 0 Å². The van der Waals surface area contributed by atoms with E-state index in [9.17, 15) is 18.0 Å². The number of aryl methyl sites for hydroxylation is 1. The number of hydrogen-bond acceptors (Lipinski definition) is 6. The molecule has 0 saturated heterocycles. The van der Waals surface area contributed by atoms with Crippen molar-refractivity contribution in [2.45, 2.75) is 56.3 Å². The van der Waals surface area contributed by atoms with Gasteiger partial charge in [0.25, 0.3) is 0 Å². The van der Waals surface area contributed by atoms with Crippen LogP contribution in [0.15, 0.2) is 69.9 Å². The van der Waals surface area contributed by atoms with E-state index in [2.05, 4.69) is 0 Å². The molecular formula is C27H26ClNO5S. The summed E-state index contributed by atoms with van der Waals surface area (Å²) in [4.78, 5) is 28.6. The zero-order valence-corrected chi connectivity index (χ0v) is 21.2. The van der Waals surface area contributed by atoms with Crippen molar-refractivity contribution >= 4 is 33.3 Å². The maximum atomic E-state index is 13.3. The fourth-order valence-corrected chi connectivity index (χ4v) is 6.49. The molecule has 1 heterocycles. The number of carbonyl (C=O) groups excluding carboxylic acids is 2. The molecule has 2 aromatic rings. The summed E-state index contributed by atoms with van der Waals surface area (Å²) >= 11 is 6.38. The summed E-state index contributed by atoms with van der Waals surface area (Å²) in [6, 6.07) is 11.1. The van der Waals surface area contributed by atoms with E-state index in [-0.39, 0.29) is 22.2 Å². The lowest BCUT2D eigenvalue weighted by atomic mass is 9.71. The van der Waals surface area contributed by atoms with E-state index in [1.165, 1.54) is 18.2 Å². The molecule has 6 nitrogen and oxygen atoms in total. The second-order valence-electron chi connectivity index (χ2n) is 9.30. The third-order valence-corrected chi connectivity index (χ3v) is 8.52. The second-order valence-corrected chi connectivity index (χ2v) is 11.3. The lowest BCUT2D eigenvalue weighted by Gasteiger charge is -2.42. The Morgan fingerprint density at radius 3 is 2.03 bits per heavy atom. The van der Waals surface area contributed by atoms with Gasteiger partial charge in [0.1, 0.15) is 10.6 Å². The van der Waals surface area contributed by atoms with Crippen molar-refractivity contribution in [3.8, 4) is 5.75 Å². The highest BCUT2D eigenvalue weighted by atomic mass is 35.5. The molecule has 8 heteroatoms. The predicted molar refractivity (Wildman–Crippen MR) is 133 cm³/mol. The maximum absolute atomic E-state index is 13.3. The highest BCUT2D eigenvalue weighted by molar-refractivity contribution is 7.87. The monoisotopic (exact) mass is 511 g/mol. The number of ketones is 2. The van der Waals surface area contributed by atoms with E-state index in [1.54, 1.807) is 24.3 Å². The molecule has 182 valence electrons. The van der Waals surface area contributed by atoms with Crippen LogP contribution in [-0.2, 0) is 19.7 Å². The number of benzene rings is 2. The molecule has 2 aromatic carbocycles. The first kappa shape index (κ1) is 23.8. The molecule has 0 atom stereocenters. The van der Waals surface area contributed by atoms with Gasteiger partial charge in [0.2, 0.25) is 0 Å². The Hall–Kier alpha value is -2.90. The van der Waals surface area contributed by atoms with Gasteiger partial charge in [0, 0.05) is 58.9 Å². The van der Waals surface area contributed by atoms with Crippen LogP contribution in [0.25, 0.3) is 0 Å². The van der Waals surface area contributed by atoms with Crippen LogP contribution < -0.4 is 4.18 Å².